The number of ketones is 1. The number of benzene rings is 2. The fourth-order valence-electron chi connectivity index (χ4n) is 4.49. The summed E-state index contributed by atoms with van der Waals surface area (Å²) in [6, 6.07) is 15.8. The Morgan fingerprint density at radius 2 is 1.97 bits per heavy atom. The highest BCUT2D eigenvalue weighted by molar-refractivity contribution is 6.46. The normalized spacial score (nSPS) is 19.7. The number of hydrogen-bond acceptors (Lipinski definition) is 5. The van der Waals surface area contributed by atoms with Crippen molar-refractivity contribution >= 4 is 17.4 Å². The topological polar surface area (TPSA) is 80.0 Å². The zero-order chi connectivity index (χ0) is 22.2. The maximum absolute atomic E-state index is 13.2. The van der Waals surface area contributed by atoms with Gasteiger partial charge in [0.2, 0.25) is 0 Å². The number of furan rings is 1. The average Bonchev–Trinajstić information content (AvgIpc) is 3.41. The van der Waals surface area contributed by atoms with Gasteiger partial charge in [0.05, 0.1) is 31.0 Å². The standard InChI is InChI=1S/C26H23NO5/c1-16-6-2-3-9-20(16)23-22(25(29)26(30)27(23)15-19-8-5-12-31-19)24(28)18-10-11-21-17(14-18)7-4-13-32-21/h2-3,5-6,8-12,14,23,28H,4,7,13,15H2,1H3/b24-22+. The first-order valence-electron chi connectivity index (χ1n) is 10.7. The lowest BCUT2D eigenvalue weighted by molar-refractivity contribution is -0.140. The number of aliphatic hydroxyl groups excluding tert-OH is 1. The van der Waals surface area contributed by atoms with Gasteiger partial charge in [0.1, 0.15) is 17.3 Å². The summed E-state index contributed by atoms with van der Waals surface area (Å²) in [5.74, 6) is -0.168. The number of rotatable bonds is 4. The Kier molecular flexibility index (Phi) is 5.05. The number of Topliss-reactive ketones (excluding diaryl/α,β-unsaturated/α-hetero) is 1. The summed E-state index contributed by atoms with van der Waals surface area (Å²) in [6.07, 6.45) is 3.27. The third-order valence-corrected chi connectivity index (χ3v) is 6.11. The Hall–Kier alpha value is -3.80. The van der Waals surface area contributed by atoms with E-state index in [9.17, 15) is 14.7 Å². The van der Waals surface area contributed by atoms with Crippen LogP contribution in [0.25, 0.3) is 5.76 Å². The van der Waals surface area contributed by atoms with Crippen LogP contribution in [0.5, 0.6) is 5.75 Å². The van der Waals surface area contributed by atoms with Crippen LogP contribution in [0.1, 0.15) is 40.5 Å². The van der Waals surface area contributed by atoms with Gasteiger partial charge in [-0.1, -0.05) is 24.3 Å². The van der Waals surface area contributed by atoms with Crippen LogP contribution >= 0.6 is 0 Å². The number of aliphatic hydroxyl groups is 1. The van der Waals surface area contributed by atoms with E-state index < -0.39 is 17.7 Å². The maximum atomic E-state index is 13.2. The molecule has 2 aromatic carbocycles. The minimum absolute atomic E-state index is 0.0903. The van der Waals surface area contributed by atoms with Gasteiger partial charge in [-0.15, -0.1) is 0 Å². The van der Waals surface area contributed by atoms with E-state index in [2.05, 4.69) is 0 Å². The summed E-state index contributed by atoms with van der Waals surface area (Å²) in [5.41, 5.74) is 3.30. The van der Waals surface area contributed by atoms with Gasteiger partial charge in [0, 0.05) is 5.56 Å². The molecule has 6 nitrogen and oxygen atoms in total. The summed E-state index contributed by atoms with van der Waals surface area (Å²) >= 11 is 0. The second kappa shape index (κ2) is 8.04. The van der Waals surface area contributed by atoms with Crippen molar-refractivity contribution in [2.24, 2.45) is 0 Å². The molecule has 32 heavy (non-hydrogen) atoms. The first-order chi connectivity index (χ1) is 15.5. The first kappa shape index (κ1) is 20.1. The van der Waals surface area contributed by atoms with Crippen molar-refractivity contribution < 1.29 is 23.8 Å². The molecular formula is C26H23NO5. The number of hydrogen-bond donors (Lipinski definition) is 1. The molecule has 0 saturated carbocycles. The molecule has 1 aromatic heterocycles. The van der Waals surface area contributed by atoms with E-state index in [1.54, 1.807) is 18.2 Å². The SMILES string of the molecule is Cc1ccccc1C1/C(=C(\O)c2ccc3c(c2)CCCO3)C(=O)C(=O)N1Cc1ccco1. The maximum Gasteiger partial charge on any atom is 0.296 e. The molecule has 1 N–H and O–H groups in total. The van der Waals surface area contributed by atoms with E-state index in [0.717, 1.165) is 35.3 Å². The number of nitrogens with zero attached hydrogens (tertiary/aromatic N) is 1. The Balaban J connectivity index is 1.65. The van der Waals surface area contributed by atoms with Crippen LogP contribution in [0.4, 0.5) is 0 Å². The van der Waals surface area contributed by atoms with Gasteiger partial charge in [-0.2, -0.15) is 0 Å². The van der Waals surface area contributed by atoms with Crippen LogP contribution in [-0.2, 0) is 22.6 Å². The number of fused-ring (bicyclic) bond motifs is 1. The number of aryl methyl sites for hydroxylation is 2. The minimum atomic E-state index is -0.714. The number of carbonyl (C=O) groups excluding carboxylic acids is 2. The van der Waals surface area contributed by atoms with Gasteiger partial charge in [-0.05, 0) is 66.8 Å². The zero-order valence-electron chi connectivity index (χ0n) is 17.7. The smallest absolute Gasteiger partial charge is 0.296 e. The van der Waals surface area contributed by atoms with Gasteiger partial charge in [-0.3, -0.25) is 9.59 Å². The zero-order valence-corrected chi connectivity index (χ0v) is 17.7. The molecule has 0 radical (unpaired) electrons. The molecule has 1 unspecified atom stereocenters. The summed E-state index contributed by atoms with van der Waals surface area (Å²) in [6.45, 7) is 2.73. The predicted octanol–water partition coefficient (Wildman–Crippen LogP) is 4.53. The van der Waals surface area contributed by atoms with E-state index in [4.69, 9.17) is 9.15 Å². The molecule has 1 amide bonds. The lowest BCUT2D eigenvalue weighted by Crippen LogP contribution is -2.29. The van der Waals surface area contributed by atoms with Crippen molar-refractivity contribution in [2.75, 3.05) is 6.61 Å². The number of ether oxygens (including phenoxy) is 1. The molecular weight excluding hydrogens is 406 g/mol. The van der Waals surface area contributed by atoms with Crippen molar-refractivity contribution in [1.29, 1.82) is 0 Å². The second-order valence-electron chi connectivity index (χ2n) is 8.14. The lowest BCUT2D eigenvalue weighted by atomic mass is 9.92. The van der Waals surface area contributed by atoms with Crippen LogP contribution < -0.4 is 4.74 Å². The molecule has 1 saturated heterocycles. The summed E-state index contributed by atoms with van der Waals surface area (Å²) in [5, 5.41) is 11.3. The Morgan fingerprint density at radius 3 is 2.75 bits per heavy atom. The highest BCUT2D eigenvalue weighted by Gasteiger charge is 2.46. The molecule has 6 heteroatoms. The van der Waals surface area contributed by atoms with Crippen LogP contribution in [0.2, 0.25) is 0 Å². The molecule has 0 bridgehead atoms. The van der Waals surface area contributed by atoms with Crippen molar-refractivity contribution in [3.05, 3.63) is 94.4 Å². The predicted molar refractivity (Wildman–Crippen MR) is 118 cm³/mol. The molecule has 1 atom stereocenters. The lowest BCUT2D eigenvalue weighted by Gasteiger charge is -2.26. The van der Waals surface area contributed by atoms with Gasteiger partial charge in [0.15, 0.2) is 0 Å². The summed E-state index contributed by atoms with van der Waals surface area (Å²) < 4.78 is 11.1. The largest absolute Gasteiger partial charge is 0.507 e. The first-order valence-corrected chi connectivity index (χ1v) is 10.7. The van der Waals surface area contributed by atoms with Gasteiger partial charge in [0.25, 0.3) is 11.7 Å². The fraction of sp³-hybridized carbons (Fsp3) is 0.231. The Bertz CT molecular complexity index is 1220. The van der Waals surface area contributed by atoms with Gasteiger partial charge in [-0.25, -0.2) is 0 Å². The van der Waals surface area contributed by atoms with Crippen molar-refractivity contribution in [1.82, 2.24) is 4.90 Å². The van der Waals surface area contributed by atoms with Crippen molar-refractivity contribution in [3.8, 4) is 5.75 Å². The molecule has 2 aliphatic rings. The van der Waals surface area contributed by atoms with E-state index in [0.29, 0.717) is 17.9 Å². The monoisotopic (exact) mass is 429 g/mol. The van der Waals surface area contributed by atoms with E-state index in [-0.39, 0.29) is 17.9 Å². The van der Waals surface area contributed by atoms with Crippen LogP contribution in [0.3, 0.4) is 0 Å². The second-order valence-corrected chi connectivity index (χ2v) is 8.14. The highest BCUT2D eigenvalue weighted by atomic mass is 16.5. The molecule has 2 aliphatic heterocycles. The minimum Gasteiger partial charge on any atom is -0.507 e. The molecule has 3 aromatic rings. The Labute approximate surface area is 185 Å². The molecule has 5 rings (SSSR count). The van der Waals surface area contributed by atoms with Crippen LogP contribution in [0, 0.1) is 6.92 Å². The molecule has 162 valence electrons. The summed E-state index contributed by atoms with van der Waals surface area (Å²) in [4.78, 5) is 27.7. The van der Waals surface area contributed by atoms with Gasteiger partial charge < -0.3 is 19.2 Å². The summed E-state index contributed by atoms with van der Waals surface area (Å²) in [7, 11) is 0. The molecule has 0 spiro atoms. The van der Waals surface area contributed by atoms with Crippen molar-refractivity contribution in [3.63, 3.8) is 0 Å². The highest BCUT2D eigenvalue weighted by Crippen LogP contribution is 2.42. The Morgan fingerprint density at radius 1 is 1.12 bits per heavy atom. The molecule has 0 aliphatic carbocycles. The molecule has 3 heterocycles. The van der Waals surface area contributed by atoms with Crippen molar-refractivity contribution in [2.45, 2.75) is 32.4 Å². The molecule has 1 fully saturated rings. The van der Waals surface area contributed by atoms with Crippen LogP contribution in [-0.4, -0.2) is 28.3 Å². The van der Waals surface area contributed by atoms with Gasteiger partial charge >= 0.3 is 0 Å². The number of likely N-dealkylation sites (tertiary alicyclic amines) is 1. The number of carbonyl (C=O) groups is 2. The third kappa shape index (κ3) is 3.38. The van der Waals surface area contributed by atoms with E-state index >= 15 is 0 Å². The number of amides is 1. The quantitative estimate of drug-likeness (QED) is 0.374. The average molecular weight is 429 g/mol. The van der Waals surface area contributed by atoms with E-state index in [1.807, 2.05) is 43.3 Å². The van der Waals surface area contributed by atoms with Crippen LogP contribution in [0.15, 0.2) is 70.9 Å². The van der Waals surface area contributed by atoms with E-state index in [1.165, 1.54) is 11.2 Å². The third-order valence-electron chi connectivity index (χ3n) is 6.11. The fourth-order valence-corrected chi connectivity index (χ4v) is 4.49.